The Morgan fingerprint density at radius 2 is 1.94 bits per heavy atom. The Kier molecular flexibility index (Phi) is 3.67. The van der Waals surface area contributed by atoms with Crippen molar-refractivity contribution in [3.05, 3.63) is 42.2 Å². The van der Waals surface area contributed by atoms with Crippen molar-refractivity contribution in [1.82, 2.24) is 9.97 Å². The maximum atomic E-state index is 5.46. The zero-order valence-corrected chi connectivity index (χ0v) is 9.85. The third-order valence-corrected chi connectivity index (χ3v) is 2.36. The number of aromatic nitrogens is 2. The zero-order valence-electron chi connectivity index (χ0n) is 9.85. The van der Waals surface area contributed by atoms with E-state index in [0.29, 0.717) is 13.1 Å². The predicted octanol–water partition coefficient (Wildman–Crippen LogP) is 1.82. The van der Waals surface area contributed by atoms with Gasteiger partial charge in [0.25, 0.3) is 0 Å². The van der Waals surface area contributed by atoms with Crippen LogP contribution >= 0.6 is 0 Å². The average molecular weight is 228 g/mol. The first-order valence-corrected chi connectivity index (χ1v) is 5.64. The van der Waals surface area contributed by atoms with Crippen LogP contribution in [0.2, 0.25) is 0 Å². The largest absolute Gasteiger partial charge is 0.369 e. The summed E-state index contributed by atoms with van der Waals surface area (Å²) in [5.41, 5.74) is 7.48. The summed E-state index contributed by atoms with van der Waals surface area (Å²) in [4.78, 5) is 8.75. The molecule has 1 heterocycles. The van der Waals surface area contributed by atoms with Gasteiger partial charge in [0.05, 0.1) is 5.69 Å². The minimum atomic E-state index is 0.587. The fraction of sp³-hybridized carbons (Fsp3) is 0.231. The van der Waals surface area contributed by atoms with Crippen LogP contribution in [-0.4, -0.2) is 23.1 Å². The van der Waals surface area contributed by atoms with Crippen LogP contribution < -0.4 is 11.1 Å². The van der Waals surface area contributed by atoms with Gasteiger partial charge >= 0.3 is 0 Å². The second-order valence-electron chi connectivity index (χ2n) is 3.77. The topological polar surface area (TPSA) is 63.8 Å². The lowest BCUT2D eigenvalue weighted by Crippen LogP contribution is -2.14. The number of nitrogens with two attached hydrogens (primary N) is 1. The second kappa shape index (κ2) is 5.41. The van der Waals surface area contributed by atoms with Crippen molar-refractivity contribution in [2.45, 2.75) is 6.92 Å². The van der Waals surface area contributed by atoms with Crippen molar-refractivity contribution >= 4 is 5.82 Å². The molecule has 88 valence electrons. The summed E-state index contributed by atoms with van der Waals surface area (Å²) >= 11 is 0. The highest BCUT2D eigenvalue weighted by atomic mass is 15.0. The molecule has 2 aromatic rings. The minimum Gasteiger partial charge on any atom is -0.369 e. The normalized spacial score (nSPS) is 10.2. The summed E-state index contributed by atoms with van der Waals surface area (Å²) in [6.45, 7) is 3.19. The van der Waals surface area contributed by atoms with Gasteiger partial charge in [0.1, 0.15) is 11.6 Å². The molecular weight excluding hydrogens is 212 g/mol. The van der Waals surface area contributed by atoms with Crippen molar-refractivity contribution in [3.63, 3.8) is 0 Å². The van der Waals surface area contributed by atoms with E-state index in [1.165, 1.54) is 0 Å². The molecule has 0 aliphatic rings. The van der Waals surface area contributed by atoms with Crippen LogP contribution in [0.3, 0.4) is 0 Å². The standard InChI is InChI=1S/C13H16N4/c1-10-16-12(11-5-3-2-4-6-11)9-13(17-10)15-8-7-14/h2-6,9H,7-8,14H2,1H3,(H,15,16,17). The van der Waals surface area contributed by atoms with E-state index in [1.54, 1.807) is 0 Å². The van der Waals surface area contributed by atoms with E-state index in [0.717, 1.165) is 22.9 Å². The van der Waals surface area contributed by atoms with Gasteiger partial charge in [0.2, 0.25) is 0 Å². The van der Waals surface area contributed by atoms with Gasteiger partial charge in [0, 0.05) is 24.7 Å². The molecule has 4 nitrogen and oxygen atoms in total. The fourth-order valence-corrected chi connectivity index (χ4v) is 1.62. The van der Waals surface area contributed by atoms with Gasteiger partial charge in [-0.1, -0.05) is 30.3 Å². The Labute approximate surface area is 101 Å². The fourth-order valence-electron chi connectivity index (χ4n) is 1.62. The maximum absolute atomic E-state index is 5.46. The van der Waals surface area contributed by atoms with Gasteiger partial charge < -0.3 is 11.1 Å². The lowest BCUT2D eigenvalue weighted by molar-refractivity contribution is 0.987. The van der Waals surface area contributed by atoms with Crippen LogP contribution in [0.15, 0.2) is 36.4 Å². The Bertz CT molecular complexity index is 482. The molecule has 0 unspecified atom stereocenters. The van der Waals surface area contributed by atoms with E-state index in [-0.39, 0.29) is 0 Å². The van der Waals surface area contributed by atoms with E-state index < -0.39 is 0 Å². The highest BCUT2D eigenvalue weighted by molar-refractivity contribution is 5.62. The molecule has 0 bridgehead atoms. The monoisotopic (exact) mass is 228 g/mol. The number of rotatable bonds is 4. The molecule has 17 heavy (non-hydrogen) atoms. The van der Waals surface area contributed by atoms with Crippen LogP contribution in [-0.2, 0) is 0 Å². The molecule has 1 aromatic heterocycles. The number of hydrogen-bond acceptors (Lipinski definition) is 4. The molecule has 0 aliphatic carbocycles. The van der Waals surface area contributed by atoms with Gasteiger partial charge in [-0.25, -0.2) is 9.97 Å². The number of nitrogens with zero attached hydrogens (tertiary/aromatic N) is 2. The smallest absolute Gasteiger partial charge is 0.130 e. The Morgan fingerprint density at radius 3 is 2.65 bits per heavy atom. The number of nitrogens with one attached hydrogen (secondary N) is 1. The van der Waals surface area contributed by atoms with Crippen LogP contribution in [0, 0.1) is 6.92 Å². The second-order valence-corrected chi connectivity index (χ2v) is 3.77. The van der Waals surface area contributed by atoms with Gasteiger partial charge in [-0.05, 0) is 6.92 Å². The van der Waals surface area contributed by atoms with Gasteiger partial charge in [0.15, 0.2) is 0 Å². The lowest BCUT2D eigenvalue weighted by atomic mass is 10.1. The van der Waals surface area contributed by atoms with Crippen molar-refractivity contribution in [3.8, 4) is 11.3 Å². The molecule has 4 heteroatoms. The Balaban J connectivity index is 2.32. The zero-order chi connectivity index (χ0) is 12.1. The first-order valence-electron chi connectivity index (χ1n) is 5.64. The minimum absolute atomic E-state index is 0.587. The first-order chi connectivity index (χ1) is 8.29. The average Bonchev–Trinajstić information content (AvgIpc) is 2.37. The lowest BCUT2D eigenvalue weighted by Gasteiger charge is -2.07. The molecule has 0 amide bonds. The molecule has 3 N–H and O–H groups in total. The summed E-state index contributed by atoms with van der Waals surface area (Å²) in [7, 11) is 0. The van der Waals surface area contributed by atoms with Gasteiger partial charge in [-0.3, -0.25) is 0 Å². The number of benzene rings is 1. The van der Waals surface area contributed by atoms with Crippen LogP contribution in [0.1, 0.15) is 5.82 Å². The Hall–Kier alpha value is -1.94. The van der Waals surface area contributed by atoms with Gasteiger partial charge in [-0.2, -0.15) is 0 Å². The third-order valence-electron chi connectivity index (χ3n) is 2.36. The molecule has 1 aromatic carbocycles. The highest BCUT2D eigenvalue weighted by Gasteiger charge is 2.03. The summed E-state index contributed by atoms with van der Waals surface area (Å²) in [6.07, 6.45) is 0. The van der Waals surface area contributed by atoms with E-state index >= 15 is 0 Å². The summed E-state index contributed by atoms with van der Waals surface area (Å²) < 4.78 is 0. The Morgan fingerprint density at radius 1 is 1.18 bits per heavy atom. The van der Waals surface area contributed by atoms with Crippen LogP contribution in [0.25, 0.3) is 11.3 Å². The molecule has 0 saturated heterocycles. The molecule has 0 atom stereocenters. The van der Waals surface area contributed by atoms with Crippen LogP contribution in [0.4, 0.5) is 5.82 Å². The maximum Gasteiger partial charge on any atom is 0.130 e. The molecule has 0 fully saturated rings. The number of hydrogen-bond donors (Lipinski definition) is 2. The van der Waals surface area contributed by atoms with E-state index in [9.17, 15) is 0 Å². The quantitative estimate of drug-likeness (QED) is 0.838. The third kappa shape index (κ3) is 3.01. The molecular formula is C13H16N4. The highest BCUT2D eigenvalue weighted by Crippen LogP contribution is 2.19. The summed E-state index contributed by atoms with van der Waals surface area (Å²) in [5, 5.41) is 3.17. The van der Waals surface area contributed by atoms with Crippen molar-refractivity contribution < 1.29 is 0 Å². The number of anilines is 1. The predicted molar refractivity (Wildman–Crippen MR) is 69.7 cm³/mol. The molecule has 0 spiro atoms. The SMILES string of the molecule is Cc1nc(NCCN)cc(-c2ccccc2)n1. The van der Waals surface area contributed by atoms with Crippen molar-refractivity contribution in [2.24, 2.45) is 5.73 Å². The van der Waals surface area contributed by atoms with Crippen molar-refractivity contribution in [1.29, 1.82) is 0 Å². The molecule has 2 rings (SSSR count). The van der Waals surface area contributed by atoms with Crippen molar-refractivity contribution in [2.75, 3.05) is 18.4 Å². The number of aryl methyl sites for hydroxylation is 1. The summed E-state index contributed by atoms with van der Waals surface area (Å²) in [5.74, 6) is 1.58. The van der Waals surface area contributed by atoms with Gasteiger partial charge in [-0.15, -0.1) is 0 Å². The first kappa shape index (κ1) is 11.5. The van der Waals surface area contributed by atoms with E-state index in [4.69, 9.17) is 5.73 Å². The van der Waals surface area contributed by atoms with Crippen LogP contribution in [0.5, 0.6) is 0 Å². The summed E-state index contributed by atoms with van der Waals surface area (Å²) in [6, 6.07) is 12.0. The van der Waals surface area contributed by atoms with E-state index in [1.807, 2.05) is 43.3 Å². The molecule has 0 aliphatic heterocycles. The molecule has 0 radical (unpaired) electrons. The molecule has 0 saturated carbocycles. The van der Waals surface area contributed by atoms with E-state index in [2.05, 4.69) is 15.3 Å².